The van der Waals surface area contributed by atoms with Gasteiger partial charge < -0.3 is 15.3 Å². The van der Waals surface area contributed by atoms with Gasteiger partial charge in [-0.3, -0.25) is 9.59 Å². The number of nitrogens with one attached hydrogen (secondary N) is 1. The molecule has 1 aliphatic rings. The molecule has 0 aromatic carbocycles. The number of aliphatic hydroxyl groups excluding tert-OH is 1. The third kappa shape index (κ3) is 3.54. The van der Waals surface area contributed by atoms with E-state index >= 15 is 0 Å². The van der Waals surface area contributed by atoms with E-state index in [2.05, 4.69) is 5.32 Å². The van der Waals surface area contributed by atoms with E-state index in [9.17, 15) is 9.59 Å². The maximum Gasteiger partial charge on any atom is 0.261 e. The van der Waals surface area contributed by atoms with Crippen LogP contribution in [0.25, 0.3) is 0 Å². The fourth-order valence-corrected chi connectivity index (χ4v) is 2.58. The largest absolute Gasteiger partial charge is 0.395 e. The summed E-state index contributed by atoms with van der Waals surface area (Å²) in [7, 11) is 0. The maximum atomic E-state index is 12.2. The molecule has 5 nitrogen and oxygen atoms in total. The fourth-order valence-electron chi connectivity index (χ4n) is 1.95. The zero-order chi connectivity index (χ0) is 13.8. The van der Waals surface area contributed by atoms with E-state index in [-0.39, 0.29) is 24.5 Å². The summed E-state index contributed by atoms with van der Waals surface area (Å²) in [5.74, 6) is -0.350. The van der Waals surface area contributed by atoms with Crippen molar-refractivity contribution in [3.63, 3.8) is 0 Å². The van der Waals surface area contributed by atoms with Crippen LogP contribution in [0.4, 0.5) is 0 Å². The molecule has 1 unspecified atom stereocenters. The standard InChI is InChI=1S/C13H18N2O3S/c1-9(14-12(17)11-3-2-8-19-11)13(18)15(6-7-16)10-4-5-10/h2-3,8-10,16H,4-7H2,1H3,(H,14,17). The highest BCUT2D eigenvalue weighted by molar-refractivity contribution is 7.12. The first kappa shape index (κ1) is 14.0. The van der Waals surface area contributed by atoms with Crippen LogP contribution in [0, 0.1) is 0 Å². The first-order chi connectivity index (χ1) is 9.13. The van der Waals surface area contributed by atoms with E-state index < -0.39 is 6.04 Å². The molecule has 1 aliphatic carbocycles. The molecule has 1 atom stereocenters. The Balaban J connectivity index is 1.92. The molecule has 2 rings (SSSR count). The lowest BCUT2D eigenvalue weighted by Crippen LogP contribution is -2.48. The van der Waals surface area contributed by atoms with Crippen molar-refractivity contribution in [2.45, 2.75) is 31.8 Å². The first-order valence-electron chi connectivity index (χ1n) is 6.39. The minimum Gasteiger partial charge on any atom is -0.395 e. The van der Waals surface area contributed by atoms with Gasteiger partial charge in [-0.1, -0.05) is 6.07 Å². The summed E-state index contributed by atoms with van der Waals surface area (Å²) in [5.41, 5.74) is 0. The molecule has 1 aromatic rings. The quantitative estimate of drug-likeness (QED) is 0.812. The molecule has 0 bridgehead atoms. The van der Waals surface area contributed by atoms with Crippen LogP contribution < -0.4 is 5.32 Å². The molecule has 19 heavy (non-hydrogen) atoms. The molecule has 0 aliphatic heterocycles. The number of rotatable bonds is 6. The normalized spacial score (nSPS) is 15.9. The van der Waals surface area contributed by atoms with E-state index in [4.69, 9.17) is 5.11 Å². The van der Waals surface area contributed by atoms with Gasteiger partial charge in [0.2, 0.25) is 5.91 Å². The molecule has 0 radical (unpaired) electrons. The summed E-state index contributed by atoms with van der Waals surface area (Å²) in [6, 6.07) is 3.19. The van der Waals surface area contributed by atoms with Crippen molar-refractivity contribution < 1.29 is 14.7 Å². The fraction of sp³-hybridized carbons (Fsp3) is 0.538. The van der Waals surface area contributed by atoms with Crippen LogP contribution in [0.5, 0.6) is 0 Å². The number of aliphatic hydroxyl groups is 1. The highest BCUT2D eigenvalue weighted by Crippen LogP contribution is 2.27. The van der Waals surface area contributed by atoms with Gasteiger partial charge >= 0.3 is 0 Å². The van der Waals surface area contributed by atoms with Gasteiger partial charge in [0.05, 0.1) is 11.5 Å². The Hall–Kier alpha value is -1.40. The Kier molecular flexibility index (Phi) is 4.55. The first-order valence-corrected chi connectivity index (χ1v) is 7.27. The Morgan fingerprint density at radius 2 is 2.32 bits per heavy atom. The maximum absolute atomic E-state index is 12.2. The summed E-state index contributed by atoms with van der Waals surface area (Å²) in [6.45, 7) is 1.97. The van der Waals surface area contributed by atoms with Crippen molar-refractivity contribution in [1.29, 1.82) is 0 Å². The van der Waals surface area contributed by atoms with Crippen molar-refractivity contribution in [3.8, 4) is 0 Å². The highest BCUT2D eigenvalue weighted by Gasteiger charge is 2.34. The van der Waals surface area contributed by atoms with Gasteiger partial charge in [-0.15, -0.1) is 11.3 Å². The topological polar surface area (TPSA) is 69.6 Å². The van der Waals surface area contributed by atoms with Crippen molar-refractivity contribution >= 4 is 23.2 Å². The molecule has 1 heterocycles. The van der Waals surface area contributed by atoms with Gasteiger partial charge in [0.25, 0.3) is 5.91 Å². The number of thiophene rings is 1. The van der Waals surface area contributed by atoms with Crippen LogP contribution in [0.15, 0.2) is 17.5 Å². The lowest BCUT2D eigenvalue weighted by atomic mass is 10.2. The molecule has 2 N–H and O–H groups in total. The summed E-state index contributed by atoms with van der Waals surface area (Å²) >= 11 is 1.35. The third-order valence-electron chi connectivity index (χ3n) is 3.07. The van der Waals surface area contributed by atoms with Crippen molar-refractivity contribution in [2.75, 3.05) is 13.2 Å². The van der Waals surface area contributed by atoms with Crippen LogP contribution in [-0.4, -0.2) is 47.1 Å². The van der Waals surface area contributed by atoms with Gasteiger partial charge in [0.1, 0.15) is 6.04 Å². The predicted molar refractivity (Wildman–Crippen MR) is 73.1 cm³/mol. The lowest BCUT2D eigenvalue weighted by Gasteiger charge is -2.25. The average molecular weight is 282 g/mol. The Morgan fingerprint density at radius 3 is 2.84 bits per heavy atom. The van der Waals surface area contributed by atoms with E-state index in [0.29, 0.717) is 11.4 Å². The van der Waals surface area contributed by atoms with Gasteiger partial charge in [0, 0.05) is 12.6 Å². The minimum absolute atomic E-state index is 0.0478. The molecule has 1 fully saturated rings. The molecule has 0 spiro atoms. The van der Waals surface area contributed by atoms with Gasteiger partial charge in [-0.25, -0.2) is 0 Å². The third-order valence-corrected chi connectivity index (χ3v) is 3.94. The molecule has 2 amide bonds. The van der Waals surface area contributed by atoms with Crippen LogP contribution >= 0.6 is 11.3 Å². The predicted octanol–water partition coefficient (Wildman–Crippen LogP) is 0.850. The average Bonchev–Trinajstić information content (AvgIpc) is 3.08. The van der Waals surface area contributed by atoms with E-state index in [1.807, 2.05) is 5.38 Å². The Labute approximate surface area is 116 Å². The second-order valence-corrected chi connectivity index (χ2v) is 5.61. The Bertz CT molecular complexity index is 443. The molecular formula is C13H18N2O3S. The number of hydrogen-bond donors (Lipinski definition) is 2. The van der Waals surface area contributed by atoms with E-state index in [1.165, 1.54) is 11.3 Å². The summed E-state index contributed by atoms with van der Waals surface area (Å²) < 4.78 is 0. The van der Waals surface area contributed by atoms with Crippen molar-refractivity contribution in [3.05, 3.63) is 22.4 Å². The monoisotopic (exact) mass is 282 g/mol. The molecular weight excluding hydrogens is 264 g/mol. The van der Waals surface area contributed by atoms with E-state index in [0.717, 1.165) is 12.8 Å². The van der Waals surface area contributed by atoms with Crippen LogP contribution in [0.3, 0.4) is 0 Å². The van der Waals surface area contributed by atoms with Crippen LogP contribution in [0.2, 0.25) is 0 Å². The second kappa shape index (κ2) is 6.16. The van der Waals surface area contributed by atoms with Gasteiger partial charge in [-0.05, 0) is 31.2 Å². The zero-order valence-corrected chi connectivity index (χ0v) is 11.7. The minimum atomic E-state index is -0.568. The van der Waals surface area contributed by atoms with Crippen LogP contribution in [-0.2, 0) is 4.79 Å². The summed E-state index contributed by atoms with van der Waals surface area (Å²) in [5, 5.41) is 13.5. The highest BCUT2D eigenvalue weighted by atomic mass is 32.1. The number of hydrogen-bond acceptors (Lipinski definition) is 4. The second-order valence-electron chi connectivity index (χ2n) is 4.66. The molecule has 1 saturated carbocycles. The smallest absolute Gasteiger partial charge is 0.261 e. The van der Waals surface area contributed by atoms with Gasteiger partial charge in [-0.2, -0.15) is 0 Å². The van der Waals surface area contributed by atoms with Crippen molar-refractivity contribution in [1.82, 2.24) is 10.2 Å². The number of nitrogens with zero attached hydrogens (tertiary/aromatic N) is 1. The van der Waals surface area contributed by atoms with Crippen molar-refractivity contribution in [2.24, 2.45) is 0 Å². The lowest BCUT2D eigenvalue weighted by molar-refractivity contribution is -0.133. The molecule has 1 aromatic heterocycles. The zero-order valence-electron chi connectivity index (χ0n) is 10.8. The molecule has 0 saturated heterocycles. The van der Waals surface area contributed by atoms with E-state index in [1.54, 1.807) is 24.0 Å². The number of carbonyl (C=O) groups is 2. The number of amides is 2. The SMILES string of the molecule is CC(NC(=O)c1cccs1)C(=O)N(CCO)C1CC1. The summed E-state index contributed by atoms with van der Waals surface area (Å²) in [6.07, 6.45) is 1.97. The summed E-state index contributed by atoms with van der Waals surface area (Å²) in [4.78, 5) is 26.4. The molecule has 6 heteroatoms. The molecule has 104 valence electrons. The Morgan fingerprint density at radius 1 is 1.58 bits per heavy atom. The van der Waals surface area contributed by atoms with Crippen LogP contribution in [0.1, 0.15) is 29.4 Å². The van der Waals surface area contributed by atoms with Gasteiger partial charge in [0.15, 0.2) is 0 Å². The number of carbonyl (C=O) groups excluding carboxylic acids is 2.